The van der Waals surface area contributed by atoms with E-state index >= 15 is 0 Å². The SMILES string of the molecule is C[S+](C)CCO/C(O)=C(\[N+]#N)c1ccc(Cl)cc1. The molecule has 0 heterocycles. The molecule has 0 aliphatic carbocycles. The van der Waals surface area contributed by atoms with Gasteiger partial charge < -0.3 is 9.84 Å². The van der Waals surface area contributed by atoms with Crippen LogP contribution in [0.2, 0.25) is 5.02 Å². The van der Waals surface area contributed by atoms with Crippen LogP contribution in [0.3, 0.4) is 0 Å². The maximum atomic E-state index is 9.72. The van der Waals surface area contributed by atoms with Crippen molar-refractivity contribution in [3.63, 3.8) is 0 Å². The summed E-state index contributed by atoms with van der Waals surface area (Å²) in [5, 5.41) is 19.2. The molecule has 1 rings (SSSR count). The lowest BCUT2D eigenvalue weighted by atomic mass is 10.2. The van der Waals surface area contributed by atoms with Crippen molar-refractivity contribution in [2.75, 3.05) is 24.9 Å². The van der Waals surface area contributed by atoms with Gasteiger partial charge in [-0.3, -0.25) is 0 Å². The largest absolute Gasteiger partial charge is 0.475 e. The summed E-state index contributed by atoms with van der Waals surface area (Å²) in [5.74, 6) is 0.453. The van der Waals surface area contributed by atoms with Crippen LogP contribution in [-0.4, -0.2) is 30.0 Å². The summed E-state index contributed by atoms with van der Waals surface area (Å²) in [6.07, 6.45) is 4.17. The Labute approximate surface area is 114 Å². The normalized spacial score (nSPS) is 11.9. The molecule has 0 aromatic heterocycles. The smallest absolute Gasteiger partial charge is 0.471 e. The number of benzene rings is 1. The maximum absolute atomic E-state index is 9.72. The molecule has 0 radical (unpaired) electrons. The molecule has 0 aliphatic rings. The van der Waals surface area contributed by atoms with E-state index in [1.807, 2.05) is 0 Å². The second-order valence-electron chi connectivity index (χ2n) is 3.80. The third-order valence-electron chi connectivity index (χ3n) is 2.15. The summed E-state index contributed by atoms with van der Waals surface area (Å²) in [6.45, 7) is 0.383. The van der Waals surface area contributed by atoms with Crippen molar-refractivity contribution >= 4 is 28.2 Å². The Bertz CT molecular complexity index is 466. The molecule has 6 heteroatoms. The molecule has 0 saturated heterocycles. The van der Waals surface area contributed by atoms with Crippen molar-refractivity contribution in [3.05, 3.63) is 45.8 Å². The van der Waals surface area contributed by atoms with E-state index in [9.17, 15) is 5.11 Å². The Morgan fingerprint density at radius 2 is 2.00 bits per heavy atom. The highest BCUT2D eigenvalue weighted by Crippen LogP contribution is 2.21. The fourth-order valence-electron chi connectivity index (χ4n) is 1.21. The lowest BCUT2D eigenvalue weighted by Gasteiger charge is -2.01. The molecule has 1 aromatic rings. The van der Waals surface area contributed by atoms with Crippen LogP contribution in [0, 0.1) is 5.39 Å². The van der Waals surface area contributed by atoms with Gasteiger partial charge in [-0.2, -0.15) is 0 Å². The number of ether oxygens (including phenoxy) is 1. The summed E-state index contributed by atoms with van der Waals surface area (Å²) in [4.78, 5) is 3.05. The second kappa shape index (κ2) is 7.14. The molecule has 18 heavy (non-hydrogen) atoms. The Balaban J connectivity index is 2.81. The van der Waals surface area contributed by atoms with Gasteiger partial charge in [-0.15, -0.1) is 0 Å². The molecule has 1 N–H and O–H groups in total. The Kier molecular flexibility index (Phi) is 5.83. The van der Waals surface area contributed by atoms with Crippen molar-refractivity contribution in [1.82, 2.24) is 0 Å². The van der Waals surface area contributed by atoms with E-state index in [4.69, 9.17) is 21.7 Å². The van der Waals surface area contributed by atoms with Crippen molar-refractivity contribution in [2.45, 2.75) is 0 Å². The standard InChI is InChI=1S/C12H14ClN2O2S/c1-18(2)8-7-17-12(16)11(15-14)9-3-5-10(13)6-4-9/h3-6H,7-8H2,1-2H3/q+1/p+1/b12-11-. The van der Waals surface area contributed by atoms with E-state index in [2.05, 4.69) is 17.5 Å². The number of aliphatic hydroxyl groups is 1. The van der Waals surface area contributed by atoms with Crippen molar-refractivity contribution in [1.29, 1.82) is 5.39 Å². The first-order valence-electron chi connectivity index (χ1n) is 5.26. The number of hydrogen-bond acceptors (Lipinski definition) is 3. The average molecular weight is 287 g/mol. The van der Waals surface area contributed by atoms with Crippen LogP contribution in [-0.2, 0) is 15.6 Å². The van der Waals surface area contributed by atoms with E-state index in [1.165, 1.54) is 0 Å². The number of diazo groups is 1. The zero-order valence-corrected chi connectivity index (χ0v) is 11.8. The maximum Gasteiger partial charge on any atom is 0.471 e. The van der Waals surface area contributed by atoms with Crippen molar-refractivity contribution in [2.24, 2.45) is 0 Å². The molecule has 4 nitrogen and oxygen atoms in total. The number of nitrogens with zero attached hydrogens (tertiary/aromatic N) is 2. The first-order valence-corrected chi connectivity index (χ1v) is 7.84. The molecule has 0 unspecified atom stereocenters. The van der Waals surface area contributed by atoms with Crippen LogP contribution >= 0.6 is 11.6 Å². The predicted octanol–water partition coefficient (Wildman–Crippen LogP) is 3.27. The van der Waals surface area contributed by atoms with Crippen molar-refractivity contribution in [3.8, 4) is 0 Å². The first-order chi connectivity index (χ1) is 8.54. The summed E-state index contributed by atoms with van der Waals surface area (Å²) in [5.41, 5.74) is 0.533. The van der Waals surface area contributed by atoms with Gasteiger partial charge in [0.15, 0.2) is 4.98 Å². The summed E-state index contributed by atoms with van der Waals surface area (Å²) < 4.78 is 5.15. The van der Waals surface area contributed by atoms with Gasteiger partial charge in [0.2, 0.25) is 5.39 Å². The van der Waals surface area contributed by atoms with E-state index in [-0.39, 0.29) is 22.5 Å². The fourth-order valence-corrected chi connectivity index (χ4v) is 1.75. The number of rotatable bonds is 5. The lowest BCUT2D eigenvalue weighted by molar-refractivity contribution is 0.107. The number of halogens is 1. The van der Waals surface area contributed by atoms with Crippen molar-refractivity contribution < 1.29 is 9.84 Å². The molecule has 0 saturated carbocycles. The minimum atomic E-state index is -0.384. The van der Waals surface area contributed by atoms with Gasteiger partial charge >= 0.3 is 11.6 Å². The zero-order valence-electron chi connectivity index (χ0n) is 10.3. The summed E-state index contributed by atoms with van der Waals surface area (Å²) in [6, 6.07) is 6.57. The lowest BCUT2D eigenvalue weighted by Crippen LogP contribution is -2.09. The van der Waals surface area contributed by atoms with Gasteiger partial charge in [-0.05, 0) is 35.2 Å². The Morgan fingerprint density at radius 1 is 1.39 bits per heavy atom. The topological polar surface area (TPSA) is 57.6 Å². The van der Waals surface area contributed by atoms with Gasteiger partial charge in [0.25, 0.3) is 0 Å². The predicted molar refractivity (Wildman–Crippen MR) is 76.1 cm³/mol. The van der Waals surface area contributed by atoms with Crippen LogP contribution in [0.4, 0.5) is 0 Å². The third kappa shape index (κ3) is 4.47. The monoisotopic (exact) mass is 286 g/mol. The minimum absolute atomic E-state index is 0.00115. The van der Waals surface area contributed by atoms with Gasteiger partial charge in [0.05, 0.1) is 18.1 Å². The molecule has 0 fully saturated rings. The average Bonchev–Trinajstić information content (AvgIpc) is 2.32. The Hall–Kier alpha value is -1.38. The molecular weight excluding hydrogens is 272 g/mol. The molecule has 96 valence electrons. The number of aliphatic hydroxyl groups excluding tert-OH is 1. The fraction of sp³-hybridized carbons (Fsp3) is 0.333. The van der Waals surface area contributed by atoms with E-state index < -0.39 is 0 Å². The molecule has 0 amide bonds. The van der Waals surface area contributed by atoms with E-state index in [1.54, 1.807) is 24.3 Å². The highest BCUT2D eigenvalue weighted by atomic mass is 35.5. The van der Waals surface area contributed by atoms with Crippen LogP contribution in [0.15, 0.2) is 30.2 Å². The summed E-state index contributed by atoms with van der Waals surface area (Å²) in [7, 11) is 0.236. The molecule has 1 aromatic carbocycles. The minimum Gasteiger partial charge on any atom is -0.475 e. The van der Waals surface area contributed by atoms with Gasteiger partial charge in [0.1, 0.15) is 12.4 Å². The highest BCUT2D eigenvalue weighted by molar-refractivity contribution is 7.95. The van der Waals surface area contributed by atoms with Crippen LogP contribution in [0.5, 0.6) is 0 Å². The quantitative estimate of drug-likeness (QED) is 0.513. The van der Waals surface area contributed by atoms with Gasteiger partial charge in [-0.25, -0.2) is 0 Å². The molecule has 0 bridgehead atoms. The van der Waals surface area contributed by atoms with Crippen LogP contribution in [0.25, 0.3) is 10.7 Å². The molecule has 0 atom stereocenters. The first kappa shape index (κ1) is 14.7. The van der Waals surface area contributed by atoms with Crippen LogP contribution in [0.1, 0.15) is 5.56 Å². The van der Waals surface area contributed by atoms with Gasteiger partial charge in [-0.1, -0.05) is 11.6 Å². The summed E-state index contributed by atoms with van der Waals surface area (Å²) >= 11 is 5.76. The van der Waals surface area contributed by atoms with Gasteiger partial charge in [0, 0.05) is 5.02 Å². The molecule has 0 aliphatic heterocycles. The zero-order chi connectivity index (χ0) is 13.5. The number of hydrogen-bond donors (Lipinski definition) is 1. The molecule has 0 spiro atoms. The second-order valence-corrected chi connectivity index (χ2v) is 6.61. The molecular formula is C12H15ClN2O2S+2. The third-order valence-corrected chi connectivity index (χ3v) is 3.39. The van der Waals surface area contributed by atoms with E-state index in [0.717, 1.165) is 5.75 Å². The van der Waals surface area contributed by atoms with Crippen LogP contribution < -0.4 is 0 Å². The highest BCUT2D eigenvalue weighted by Gasteiger charge is 2.23. The van der Waals surface area contributed by atoms with E-state index in [0.29, 0.717) is 17.2 Å². The Morgan fingerprint density at radius 3 is 2.50 bits per heavy atom.